The fraction of sp³-hybridized carbons (Fsp3) is 0.222. The highest BCUT2D eigenvalue weighted by molar-refractivity contribution is 6.40. The van der Waals surface area contributed by atoms with Gasteiger partial charge < -0.3 is 20.4 Å². The molecule has 0 saturated carbocycles. The lowest BCUT2D eigenvalue weighted by molar-refractivity contribution is 0.0681. The second kappa shape index (κ2) is 12.2. The molecular weight excluding hydrogens is 560 g/mol. The van der Waals surface area contributed by atoms with Gasteiger partial charge in [-0.1, -0.05) is 76.0 Å². The van der Waals surface area contributed by atoms with E-state index in [9.17, 15) is 39.6 Å². The Labute approximate surface area is 252 Å². The maximum atomic E-state index is 12.6. The van der Waals surface area contributed by atoms with Crippen LogP contribution in [0.1, 0.15) is 105 Å². The lowest BCUT2D eigenvalue weighted by atomic mass is 9.81. The SMILES string of the molecule is CCCCC=Cc1cc(C(=O)O)c2c(C(=O)O)ccc3c4c(C=CCCCC)cc(C(=O)O)c5c(C(=O)O)ccc(c1c23)c54. The van der Waals surface area contributed by atoms with Crippen molar-refractivity contribution in [3.8, 4) is 0 Å². The Balaban J connectivity index is 2.14. The first-order valence-corrected chi connectivity index (χ1v) is 14.7. The third-order valence-corrected chi connectivity index (χ3v) is 8.13. The third kappa shape index (κ3) is 5.02. The Morgan fingerprint density at radius 2 is 0.886 bits per heavy atom. The molecule has 8 heteroatoms. The van der Waals surface area contributed by atoms with Crippen molar-refractivity contribution in [1.82, 2.24) is 0 Å². The van der Waals surface area contributed by atoms with Crippen molar-refractivity contribution in [2.45, 2.75) is 52.4 Å². The molecule has 4 N–H and O–H groups in total. The van der Waals surface area contributed by atoms with Gasteiger partial charge in [0.15, 0.2) is 0 Å². The summed E-state index contributed by atoms with van der Waals surface area (Å²) in [6.45, 7) is 4.11. The number of carboxylic acids is 4. The molecule has 8 nitrogen and oxygen atoms in total. The van der Waals surface area contributed by atoms with E-state index >= 15 is 0 Å². The molecule has 0 heterocycles. The van der Waals surface area contributed by atoms with Crippen LogP contribution < -0.4 is 0 Å². The highest BCUT2D eigenvalue weighted by Crippen LogP contribution is 2.47. The van der Waals surface area contributed by atoms with Gasteiger partial charge in [-0.3, -0.25) is 0 Å². The van der Waals surface area contributed by atoms with Crippen LogP contribution in [-0.2, 0) is 0 Å². The van der Waals surface area contributed by atoms with Gasteiger partial charge in [-0.15, -0.1) is 0 Å². The van der Waals surface area contributed by atoms with Crippen LogP contribution >= 0.6 is 0 Å². The summed E-state index contributed by atoms with van der Waals surface area (Å²) in [6, 6.07) is 8.85. The van der Waals surface area contributed by atoms with Gasteiger partial charge in [0, 0.05) is 10.8 Å². The second-order valence-corrected chi connectivity index (χ2v) is 10.9. The highest BCUT2D eigenvalue weighted by Gasteiger charge is 2.28. The molecule has 0 aromatic heterocycles. The molecule has 0 saturated heterocycles. The number of allylic oxidation sites excluding steroid dienone is 2. The van der Waals surface area contributed by atoms with Gasteiger partial charge in [0.25, 0.3) is 0 Å². The summed E-state index contributed by atoms with van der Waals surface area (Å²) >= 11 is 0. The van der Waals surface area contributed by atoms with Gasteiger partial charge in [-0.05, 0) is 80.6 Å². The smallest absolute Gasteiger partial charge is 0.336 e. The van der Waals surface area contributed by atoms with E-state index in [-0.39, 0.29) is 33.0 Å². The average molecular weight is 593 g/mol. The Kier molecular flexibility index (Phi) is 8.36. The number of aromatic carboxylic acids is 4. The monoisotopic (exact) mass is 592 g/mol. The molecule has 5 rings (SSSR count). The van der Waals surface area contributed by atoms with E-state index in [1.807, 2.05) is 24.3 Å². The highest BCUT2D eigenvalue weighted by atomic mass is 16.4. The van der Waals surface area contributed by atoms with E-state index in [1.165, 1.54) is 24.3 Å². The van der Waals surface area contributed by atoms with Crippen LogP contribution in [-0.4, -0.2) is 44.3 Å². The molecule has 0 atom stereocenters. The zero-order valence-electron chi connectivity index (χ0n) is 24.4. The van der Waals surface area contributed by atoms with E-state index in [4.69, 9.17) is 0 Å². The van der Waals surface area contributed by atoms with Crippen molar-refractivity contribution in [3.05, 3.63) is 81.9 Å². The van der Waals surface area contributed by atoms with Crippen molar-refractivity contribution >= 4 is 79.1 Å². The van der Waals surface area contributed by atoms with Crippen molar-refractivity contribution in [2.75, 3.05) is 0 Å². The molecular formula is C36H32O8. The number of unbranched alkanes of at least 4 members (excludes halogenated alkanes) is 4. The summed E-state index contributed by atoms with van der Waals surface area (Å²) in [7, 11) is 0. The molecule has 0 aliphatic rings. The predicted molar refractivity (Wildman–Crippen MR) is 173 cm³/mol. The predicted octanol–water partition coefficient (Wildman–Crippen LogP) is 8.94. The van der Waals surface area contributed by atoms with Crippen molar-refractivity contribution in [1.29, 1.82) is 0 Å². The standard InChI is InChI=1S/C36H32O8/c1-3-5-7-9-11-19-17-25(35(41)42)29-23(33(37)38)16-14-22-28-20(12-10-8-6-4-2)18-26(36(43)44)30-24(34(39)40)15-13-21(32(28)30)27(19)31(22)29/h9-18H,3-8H2,1-2H3,(H,37,38)(H,39,40)(H,41,42)(H,43,44). The minimum absolute atomic E-state index is 0.0625. The Morgan fingerprint density at radius 3 is 1.20 bits per heavy atom. The van der Waals surface area contributed by atoms with Crippen molar-refractivity contribution in [2.24, 2.45) is 0 Å². The van der Waals surface area contributed by atoms with Crippen LogP contribution in [0.25, 0.3) is 55.2 Å². The number of carboxylic acid groups (broad SMARTS) is 4. The molecule has 5 aromatic rings. The number of fused-ring (bicyclic) bond motifs is 2. The molecule has 0 aliphatic heterocycles. The van der Waals surface area contributed by atoms with Crippen molar-refractivity contribution in [3.63, 3.8) is 0 Å². The molecule has 0 bridgehead atoms. The molecule has 0 unspecified atom stereocenters. The van der Waals surface area contributed by atoms with Crippen molar-refractivity contribution < 1.29 is 39.6 Å². The zero-order chi connectivity index (χ0) is 31.7. The largest absolute Gasteiger partial charge is 0.478 e. The van der Waals surface area contributed by atoms with Crippen LogP contribution in [0, 0.1) is 0 Å². The summed E-state index contributed by atoms with van der Waals surface area (Å²) in [5, 5.41) is 44.0. The number of benzene rings is 5. The summed E-state index contributed by atoms with van der Waals surface area (Å²) in [5.74, 6) is -5.13. The van der Waals surface area contributed by atoms with E-state index < -0.39 is 23.9 Å². The van der Waals surface area contributed by atoms with Crippen LogP contribution in [0.4, 0.5) is 0 Å². The molecule has 5 aromatic carbocycles. The van der Waals surface area contributed by atoms with Crippen LogP contribution in [0.15, 0.2) is 48.6 Å². The number of carbonyl (C=O) groups is 4. The molecule has 224 valence electrons. The average Bonchev–Trinajstić information content (AvgIpc) is 2.99. The molecule has 0 aliphatic carbocycles. The molecule has 0 spiro atoms. The first kappa shape index (κ1) is 30.2. The van der Waals surface area contributed by atoms with Gasteiger partial charge >= 0.3 is 23.9 Å². The van der Waals surface area contributed by atoms with E-state index in [1.54, 1.807) is 12.1 Å². The van der Waals surface area contributed by atoms with Crippen LogP contribution in [0.2, 0.25) is 0 Å². The first-order valence-electron chi connectivity index (χ1n) is 14.7. The molecule has 0 amide bonds. The van der Waals surface area contributed by atoms with Gasteiger partial charge in [0.05, 0.1) is 22.3 Å². The third-order valence-electron chi connectivity index (χ3n) is 8.13. The maximum Gasteiger partial charge on any atom is 0.336 e. The normalized spacial score (nSPS) is 12.0. The lowest BCUT2D eigenvalue weighted by Crippen LogP contribution is -2.08. The first-order chi connectivity index (χ1) is 21.1. The quantitative estimate of drug-likeness (QED) is 0.0637. The van der Waals surface area contributed by atoms with Crippen LogP contribution in [0.5, 0.6) is 0 Å². The minimum atomic E-state index is -1.28. The Hall–Kier alpha value is -5.24. The Morgan fingerprint density at radius 1 is 0.523 bits per heavy atom. The second-order valence-electron chi connectivity index (χ2n) is 10.9. The summed E-state index contributed by atoms with van der Waals surface area (Å²) in [6.07, 6.45) is 12.7. The summed E-state index contributed by atoms with van der Waals surface area (Å²) in [5.41, 5.74) is 0.362. The number of hydrogen-bond donors (Lipinski definition) is 4. The fourth-order valence-corrected chi connectivity index (χ4v) is 6.19. The van der Waals surface area contributed by atoms with Crippen LogP contribution in [0.3, 0.4) is 0 Å². The van der Waals surface area contributed by atoms with Gasteiger partial charge in [0.2, 0.25) is 0 Å². The molecule has 0 radical (unpaired) electrons. The molecule has 44 heavy (non-hydrogen) atoms. The van der Waals surface area contributed by atoms with E-state index in [2.05, 4.69) is 13.8 Å². The number of hydrogen-bond acceptors (Lipinski definition) is 4. The summed E-state index contributed by atoms with van der Waals surface area (Å²) < 4.78 is 0. The topological polar surface area (TPSA) is 149 Å². The van der Waals surface area contributed by atoms with Gasteiger partial charge in [-0.2, -0.15) is 0 Å². The lowest BCUT2D eigenvalue weighted by Gasteiger charge is -2.21. The minimum Gasteiger partial charge on any atom is -0.478 e. The van der Waals surface area contributed by atoms with Gasteiger partial charge in [0.1, 0.15) is 0 Å². The maximum absolute atomic E-state index is 12.6. The van der Waals surface area contributed by atoms with E-state index in [0.29, 0.717) is 43.4 Å². The van der Waals surface area contributed by atoms with E-state index in [0.717, 1.165) is 38.5 Å². The zero-order valence-corrected chi connectivity index (χ0v) is 24.4. The fourth-order valence-electron chi connectivity index (χ4n) is 6.19. The summed E-state index contributed by atoms with van der Waals surface area (Å²) in [4.78, 5) is 50.2. The Bertz CT molecular complexity index is 1900. The number of rotatable bonds is 12. The molecule has 0 fully saturated rings. The van der Waals surface area contributed by atoms with Gasteiger partial charge in [-0.25, -0.2) is 19.2 Å².